The molecule has 5 nitrogen and oxygen atoms in total. The zero-order valence-electron chi connectivity index (χ0n) is 16.3. The van der Waals surface area contributed by atoms with Crippen LogP contribution in [0.5, 0.6) is 5.75 Å². The van der Waals surface area contributed by atoms with E-state index in [-0.39, 0.29) is 10.6 Å². The number of carbonyl (C=O) groups is 2. The van der Waals surface area contributed by atoms with Crippen LogP contribution in [0.25, 0.3) is 11.1 Å². The molecule has 3 rings (SSSR count). The zero-order chi connectivity index (χ0) is 21.7. The number of hydrogen-bond acceptors (Lipinski definition) is 5. The number of anilines is 1. The average molecular weight is 464 g/mol. The zero-order valence-corrected chi connectivity index (χ0v) is 18.7. The van der Waals surface area contributed by atoms with Gasteiger partial charge in [0.15, 0.2) is 0 Å². The highest BCUT2D eigenvalue weighted by Crippen LogP contribution is 2.37. The number of methoxy groups -OCH3 is 1. The Kier molecular flexibility index (Phi) is 7.37. The standard InChI is InChI=1S/C22H19Cl2NO4S/c1-3-10-29-15-7-4-13(5-8-15)16-12-30-21(19(16)22(27)28-2)25-20(26)14-6-9-17(23)18(24)11-14/h4-9,11-12H,3,10H2,1-2H3,(H,25,26). The van der Waals surface area contributed by atoms with Crippen LogP contribution in [-0.4, -0.2) is 25.6 Å². The van der Waals surface area contributed by atoms with E-state index >= 15 is 0 Å². The summed E-state index contributed by atoms with van der Waals surface area (Å²) in [5.74, 6) is -0.193. The molecule has 0 atom stereocenters. The van der Waals surface area contributed by atoms with Gasteiger partial charge in [-0.3, -0.25) is 4.79 Å². The summed E-state index contributed by atoms with van der Waals surface area (Å²) in [4.78, 5) is 25.1. The van der Waals surface area contributed by atoms with Crippen LogP contribution in [0.4, 0.5) is 5.00 Å². The van der Waals surface area contributed by atoms with Gasteiger partial charge in [0.25, 0.3) is 5.91 Å². The van der Waals surface area contributed by atoms with E-state index in [4.69, 9.17) is 32.7 Å². The first-order valence-corrected chi connectivity index (χ1v) is 10.8. The number of rotatable bonds is 7. The molecule has 0 saturated heterocycles. The molecule has 8 heteroatoms. The van der Waals surface area contributed by atoms with Gasteiger partial charge in [-0.25, -0.2) is 4.79 Å². The first-order chi connectivity index (χ1) is 14.4. The van der Waals surface area contributed by atoms with Crippen LogP contribution in [0, 0.1) is 0 Å². The quantitative estimate of drug-likeness (QED) is 0.403. The maximum atomic E-state index is 12.7. The van der Waals surface area contributed by atoms with Crippen LogP contribution in [0.2, 0.25) is 10.0 Å². The number of carbonyl (C=O) groups excluding carboxylic acids is 2. The number of benzene rings is 2. The Balaban J connectivity index is 1.91. The Hall–Kier alpha value is -2.54. The molecule has 0 aliphatic carbocycles. The van der Waals surface area contributed by atoms with Crippen LogP contribution >= 0.6 is 34.5 Å². The van der Waals surface area contributed by atoms with Gasteiger partial charge in [0.2, 0.25) is 0 Å². The molecule has 1 heterocycles. The molecule has 0 aliphatic rings. The van der Waals surface area contributed by atoms with Crippen LogP contribution < -0.4 is 10.1 Å². The highest BCUT2D eigenvalue weighted by Gasteiger charge is 2.23. The molecule has 156 valence electrons. The van der Waals surface area contributed by atoms with E-state index in [0.29, 0.717) is 27.8 Å². The molecular weight excluding hydrogens is 445 g/mol. The molecule has 0 spiro atoms. The normalized spacial score (nSPS) is 10.5. The van der Waals surface area contributed by atoms with Gasteiger partial charge in [0.1, 0.15) is 16.3 Å². The van der Waals surface area contributed by atoms with Crippen LogP contribution in [0.3, 0.4) is 0 Å². The van der Waals surface area contributed by atoms with Gasteiger partial charge in [-0.2, -0.15) is 0 Å². The lowest BCUT2D eigenvalue weighted by Crippen LogP contribution is -2.14. The minimum Gasteiger partial charge on any atom is -0.494 e. The van der Waals surface area contributed by atoms with Crippen molar-refractivity contribution in [1.82, 2.24) is 0 Å². The maximum Gasteiger partial charge on any atom is 0.341 e. The van der Waals surface area contributed by atoms with E-state index in [2.05, 4.69) is 5.32 Å². The molecule has 0 bridgehead atoms. The summed E-state index contributed by atoms with van der Waals surface area (Å²) in [7, 11) is 1.30. The second-order valence-electron chi connectivity index (χ2n) is 6.30. The molecule has 0 radical (unpaired) electrons. The SMILES string of the molecule is CCCOc1ccc(-c2csc(NC(=O)c3ccc(Cl)c(Cl)c3)c2C(=O)OC)cc1. The van der Waals surface area contributed by atoms with E-state index in [0.717, 1.165) is 17.7 Å². The lowest BCUT2D eigenvalue weighted by Gasteiger charge is -2.09. The smallest absolute Gasteiger partial charge is 0.341 e. The number of halogens is 2. The van der Waals surface area contributed by atoms with Gasteiger partial charge in [-0.15, -0.1) is 11.3 Å². The van der Waals surface area contributed by atoms with Crippen molar-refractivity contribution in [3.8, 4) is 16.9 Å². The number of esters is 1. The van der Waals surface area contributed by atoms with Crippen LogP contribution in [0.15, 0.2) is 47.8 Å². The van der Waals surface area contributed by atoms with Crippen LogP contribution in [0.1, 0.15) is 34.1 Å². The number of ether oxygens (including phenoxy) is 2. The van der Waals surface area contributed by atoms with Gasteiger partial charge < -0.3 is 14.8 Å². The van der Waals surface area contributed by atoms with E-state index < -0.39 is 11.9 Å². The van der Waals surface area contributed by atoms with E-state index in [9.17, 15) is 9.59 Å². The maximum absolute atomic E-state index is 12.7. The highest BCUT2D eigenvalue weighted by molar-refractivity contribution is 7.15. The van der Waals surface area contributed by atoms with E-state index in [1.54, 1.807) is 17.5 Å². The first-order valence-electron chi connectivity index (χ1n) is 9.14. The monoisotopic (exact) mass is 463 g/mol. The molecule has 3 aromatic rings. The number of hydrogen-bond donors (Lipinski definition) is 1. The molecule has 0 unspecified atom stereocenters. The summed E-state index contributed by atoms with van der Waals surface area (Å²) in [5, 5.41) is 5.59. The average Bonchev–Trinajstić information content (AvgIpc) is 3.17. The molecule has 0 fully saturated rings. The summed E-state index contributed by atoms with van der Waals surface area (Å²) in [5.41, 5.74) is 2.09. The molecule has 1 N–H and O–H groups in total. The van der Waals surface area contributed by atoms with Crippen LogP contribution in [-0.2, 0) is 4.74 Å². The van der Waals surface area contributed by atoms with Crippen molar-refractivity contribution in [2.45, 2.75) is 13.3 Å². The molecular formula is C22H19Cl2NO4S. The lowest BCUT2D eigenvalue weighted by molar-refractivity contribution is 0.0603. The first kappa shape index (κ1) is 22.2. The molecule has 2 aromatic carbocycles. The predicted molar refractivity (Wildman–Crippen MR) is 121 cm³/mol. The summed E-state index contributed by atoms with van der Waals surface area (Å²) in [6.45, 7) is 2.67. The second-order valence-corrected chi connectivity index (χ2v) is 7.99. The topological polar surface area (TPSA) is 64.6 Å². The predicted octanol–water partition coefficient (Wildman–Crippen LogP) is 6.55. The molecule has 30 heavy (non-hydrogen) atoms. The minimum atomic E-state index is -0.540. The van der Waals surface area contributed by atoms with Crippen molar-refractivity contribution in [3.05, 3.63) is 69.0 Å². The van der Waals surface area contributed by atoms with E-state index in [1.807, 2.05) is 31.2 Å². The van der Waals surface area contributed by atoms with Crippen molar-refractivity contribution in [2.24, 2.45) is 0 Å². The Bertz CT molecular complexity index is 1060. The number of amides is 1. The van der Waals surface area contributed by atoms with Gasteiger partial charge in [0, 0.05) is 16.5 Å². The van der Waals surface area contributed by atoms with Gasteiger partial charge in [-0.05, 0) is 42.3 Å². The summed E-state index contributed by atoms with van der Waals surface area (Å²) in [6, 6.07) is 12.0. The molecule has 1 amide bonds. The molecule has 0 saturated carbocycles. The lowest BCUT2D eigenvalue weighted by atomic mass is 10.0. The fourth-order valence-electron chi connectivity index (χ4n) is 2.73. The Morgan fingerprint density at radius 3 is 2.43 bits per heavy atom. The largest absolute Gasteiger partial charge is 0.494 e. The Morgan fingerprint density at radius 1 is 1.07 bits per heavy atom. The third kappa shape index (κ3) is 4.95. The van der Waals surface area contributed by atoms with E-state index in [1.165, 1.54) is 24.5 Å². The molecule has 0 aliphatic heterocycles. The van der Waals surface area contributed by atoms with Gasteiger partial charge >= 0.3 is 5.97 Å². The van der Waals surface area contributed by atoms with Crippen molar-refractivity contribution in [1.29, 1.82) is 0 Å². The fraction of sp³-hybridized carbons (Fsp3) is 0.182. The minimum absolute atomic E-state index is 0.273. The number of thiophene rings is 1. The Morgan fingerprint density at radius 2 is 1.80 bits per heavy atom. The third-order valence-corrected chi connectivity index (χ3v) is 5.86. The fourth-order valence-corrected chi connectivity index (χ4v) is 3.98. The summed E-state index contributed by atoms with van der Waals surface area (Å²) in [6.07, 6.45) is 0.917. The Labute approximate surface area is 188 Å². The number of nitrogens with one attached hydrogen (secondary N) is 1. The summed E-state index contributed by atoms with van der Waals surface area (Å²) >= 11 is 13.1. The molecule has 1 aromatic heterocycles. The third-order valence-electron chi connectivity index (χ3n) is 4.23. The van der Waals surface area contributed by atoms with Crippen molar-refractivity contribution >= 4 is 51.4 Å². The second kappa shape index (κ2) is 9.98. The van der Waals surface area contributed by atoms with Gasteiger partial charge in [-0.1, -0.05) is 42.3 Å². The van der Waals surface area contributed by atoms with Gasteiger partial charge in [0.05, 0.1) is 23.8 Å². The van der Waals surface area contributed by atoms with Crippen molar-refractivity contribution in [3.63, 3.8) is 0 Å². The highest BCUT2D eigenvalue weighted by atomic mass is 35.5. The van der Waals surface area contributed by atoms with Crippen molar-refractivity contribution < 1.29 is 19.1 Å². The van der Waals surface area contributed by atoms with Crippen molar-refractivity contribution in [2.75, 3.05) is 19.0 Å². The summed E-state index contributed by atoms with van der Waals surface area (Å²) < 4.78 is 10.6.